The summed E-state index contributed by atoms with van der Waals surface area (Å²) < 4.78 is 0. The smallest absolute Gasteiger partial charge is 0.124 e. The SMILES string of the molecule is NCCc1cc(CN(Cc2ccccn2)Cc2ccccn2)c(O)c(CN(Cc2ccccn2)Cc2ccccn2)c1. The highest BCUT2D eigenvalue weighted by atomic mass is 16.3. The van der Waals surface area contributed by atoms with Gasteiger partial charge in [0.15, 0.2) is 0 Å². The molecule has 0 amide bonds. The number of phenols is 1. The summed E-state index contributed by atoms with van der Waals surface area (Å²) in [5.74, 6) is 0.301. The molecule has 0 aliphatic carbocycles. The fourth-order valence-corrected chi connectivity index (χ4v) is 5.08. The number of hydrogen-bond donors (Lipinski definition) is 2. The second kappa shape index (κ2) is 14.9. The molecule has 0 saturated heterocycles. The molecule has 5 aromatic rings. The van der Waals surface area contributed by atoms with Crippen LogP contribution in [0.15, 0.2) is 110 Å². The van der Waals surface area contributed by atoms with Crippen LogP contribution in [0.25, 0.3) is 0 Å². The molecule has 0 aliphatic rings. The van der Waals surface area contributed by atoms with Crippen molar-refractivity contribution in [3.8, 4) is 5.75 Å². The van der Waals surface area contributed by atoms with Crippen LogP contribution in [0.1, 0.15) is 39.5 Å². The van der Waals surface area contributed by atoms with Gasteiger partial charge in [-0.25, -0.2) is 0 Å². The zero-order valence-electron chi connectivity index (χ0n) is 23.8. The fraction of sp³-hybridized carbons (Fsp3) is 0.235. The van der Waals surface area contributed by atoms with Gasteiger partial charge < -0.3 is 10.8 Å². The molecule has 8 nitrogen and oxygen atoms in total. The van der Waals surface area contributed by atoms with E-state index in [2.05, 4.69) is 41.9 Å². The van der Waals surface area contributed by atoms with Gasteiger partial charge in [0.2, 0.25) is 0 Å². The number of rotatable bonds is 14. The van der Waals surface area contributed by atoms with E-state index in [1.54, 1.807) is 0 Å². The van der Waals surface area contributed by atoms with Gasteiger partial charge in [-0.3, -0.25) is 29.7 Å². The van der Waals surface area contributed by atoms with Crippen molar-refractivity contribution in [3.05, 3.63) is 149 Å². The zero-order chi connectivity index (χ0) is 29.0. The molecule has 1 aromatic carbocycles. The molecule has 3 N–H and O–H groups in total. The molecule has 0 atom stereocenters. The van der Waals surface area contributed by atoms with Crippen LogP contribution in [-0.4, -0.2) is 41.4 Å². The zero-order valence-corrected chi connectivity index (χ0v) is 23.8. The number of phenolic OH excluding ortho intramolecular Hbond substituents is 1. The van der Waals surface area contributed by atoms with Crippen LogP contribution in [-0.2, 0) is 45.7 Å². The minimum absolute atomic E-state index is 0.301. The Bertz CT molecular complexity index is 1310. The molecule has 0 fully saturated rings. The Morgan fingerprint density at radius 3 is 1.17 bits per heavy atom. The van der Waals surface area contributed by atoms with Gasteiger partial charge in [0.1, 0.15) is 5.75 Å². The van der Waals surface area contributed by atoms with Gasteiger partial charge in [-0.1, -0.05) is 36.4 Å². The standard InChI is InChI=1S/C34H37N7O/c35-14-13-27-19-28(21-40(23-30-9-1-5-15-36-30)24-31-10-2-6-16-37-31)34(42)29(20-27)22-41(25-32-11-3-7-17-38-32)26-33-12-4-8-18-39-33/h1-12,15-20,42H,13-14,21-26,35H2. The molecule has 0 radical (unpaired) electrons. The third kappa shape index (κ3) is 8.50. The molecular weight excluding hydrogens is 522 g/mol. The Kier molecular flexibility index (Phi) is 10.3. The summed E-state index contributed by atoms with van der Waals surface area (Å²) in [5.41, 5.74) is 12.7. The Labute approximate surface area is 247 Å². The quantitative estimate of drug-likeness (QED) is 0.198. The number of nitrogens with two attached hydrogens (primary N) is 1. The maximum absolute atomic E-state index is 11.7. The first-order valence-corrected chi connectivity index (χ1v) is 14.2. The second-order valence-electron chi connectivity index (χ2n) is 10.4. The van der Waals surface area contributed by atoms with E-state index in [1.165, 1.54) is 0 Å². The molecule has 4 aromatic heterocycles. The maximum atomic E-state index is 11.7. The molecule has 5 rings (SSSR count). The minimum Gasteiger partial charge on any atom is -0.507 e. The number of aromatic hydroxyl groups is 1. The van der Waals surface area contributed by atoms with Gasteiger partial charge in [-0.2, -0.15) is 0 Å². The van der Waals surface area contributed by atoms with Crippen molar-refractivity contribution < 1.29 is 5.11 Å². The average Bonchev–Trinajstić information content (AvgIpc) is 3.01. The van der Waals surface area contributed by atoms with Crippen LogP contribution in [0, 0.1) is 0 Å². The first kappa shape index (κ1) is 29.0. The number of nitrogens with zero attached hydrogens (tertiary/aromatic N) is 6. The number of benzene rings is 1. The van der Waals surface area contributed by atoms with Gasteiger partial charge in [-0.15, -0.1) is 0 Å². The highest BCUT2D eigenvalue weighted by Crippen LogP contribution is 2.29. The Hall–Kier alpha value is -4.50. The number of hydrogen-bond acceptors (Lipinski definition) is 8. The summed E-state index contributed by atoms with van der Waals surface area (Å²) in [5, 5.41) is 11.7. The minimum atomic E-state index is 0.301. The summed E-state index contributed by atoms with van der Waals surface area (Å²) in [6.45, 7) is 4.09. The Balaban J connectivity index is 1.44. The van der Waals surface area contributed by atoms with E-state index in [4.69, 9.17) is 5.73 Å². The monoisotopic (exact) mass is 559 g/mol. The molecule has 0 aliphatic heterocycles. The van der Waals surface area contributed by atoms with Crippen molar-refractivity contribution in [1.82, 2.24) is 29.7 Å². The Morgan fingerprint density at radius 1 is 0.524 bits per heavy atom. The number of aromatic nitrogens is 4. The first-order valence-electron chi connectivity index (χ1n) is 14.2. The molecule has 0 bridgehead atoms. The van der Waals surface area contributed by atoms with Gasteiger partial charge in [0.25, 0.3) is 0 Å². The summed E-state index contributed by atoms with van der Waals surface area (Å²) >= 11 is 0. The third-order valence-electron chi connectivity index (χ3n) is 7.00. The fourth-order valence-electron chi connectivity index (χ4n) is 5.08. The van der Waals surface area contributed by atoms with Crippen LogP contribution in [0.2, 0.25) is 0 Å². The van der Waals surface area contributed by atoms with E-state index in [-0.39, 0.29) is 0 Å². The lowest BCUT2D eigenvalue weighted by atomic mass is 10.0. The van der Waals surface area contributed by atoms with Crippen LogP contribution >= 0.6 is 0 Å². The molecule has 0 unspecified atom stereocenters. The predicted molar refractivity (Wildman–Crippen MR) is 164 cm³/mol. The number of pyridine rings is 4. The highest BCUT2D eigenvalue weighted by molar-refractivity contribution is 5.44. The molecule has 8 heteroatoms. The summed E-state index contributed by atoms with van der Waals surface area (Å²) in [6.07, 6.45) is 7.96. The molecule has 42 heavy (non-hydrogen) atoms. The van der Waals surface area contributed by atoms with Gasteiger partial charge in [0, 0.05) is 75.2 Å². The van der Waals surface area contributed by atoms with E-state index < -0.39 is 0 Å². The van der Waals surface area contributed by atoms with Crippen LogP contribution in [0.5, 0.6) is 5.75 Å². The van der Waals surface area contributed by atoms with E-state index in [1.807, 2.05) is 97.6 Å². The van der Waals surface area contributed by atoms with Crippen molar-refractivity contribution >= 4 is 0 Å². The van der Waals surface area contributed by atoms with Crippen LogP contribution in [0.3, 0.4) is 0 Å². The maximum Gasteiger partial charge on any atom is 0.124 e. The van der Waals surface area contributed by atoms with E-state index in [0.717, 1.165) is 45.9 Å². The van der Waals surface area contributed by atoms with Crippen molar-refractivity contribution in [3.63, 3.8) is 0 Å². The lowest BCUT2D eigenvalue weighted by Crippen LogP contribution is -2.25. The van der Waals surface area contributed by atoms with E-state index in [0.29, 0.717) is 51.6 Å². The molecule has 0 saturated carbocycles. The topological polar surface area (TPSA) is 104 Å². The van der Waals surface area contributed by atoms with Crippen LogP contribution in [0.4, 0.5) is 0 Å². The third-order valence-corrected chi connectivity index (χ3v) is 7.00. The van der Waals surface area contributed by atoms with Crippen molar-refractivity contribution in [2.75, 3.05) is 6.54 Å². The predicted octanol–water partition coefficient (Wildman–Crippen LogP) is 4.88. The molecule has 0 spiro atoms. The normalized spacial score (nSPS) is 11.3. The average molecular weight is 560 g/mol. The molecular formula is C34H37N7O. The lowest BCUT2D eigenvalue weighted by molar-refractivity contribution is 0.231. The van der Waals surface area contributed by atoms with E-state index in [9.17, 15) is 5.11 Å². The second-order valence-corrected chi connectivity index (χ2v) is 10.4. The first-order chi connectivity index (χ1) is 20.7. The lowest BCUT2D eigenvalue weighted by Gasteiger charge is -2.26. The van der Waals surface area contributed by atoms with Crippen molar-refractivity contribution in [2.45, 2.75) is 45.7 Å². The van der Waals surface area contributed by atoms with Crippen molar-refractivity contribution in [2.24, 2.45) is 5.73 Å². The van der Waals surface area contributed by atoms with Gasteiger partial charge in [-0.05, 0) is 67.1 Å². The summed E-state index contributed by atoms with van der Waals surface area (Å²) in [6, 6.07) is 27.9. The molecule has 214 valence electrons. The largest absolute Gasteiger partial charge is 0.507 e. The van der Waals surface area contributed by atoms with Gasteiger partial charge in [0.05, 0.1) is 22.8 Å². The highest BCUT2D eigenvalue weighted by Gasteiger charge is 2.18. The van der Waals surface area contributed by atoms with Crippen LogP contribution < -0.4 is 5.73 Å². The van der Waals surface area contributed by atoms with Crippen molar-refractivity contribution in [1.29, 1.82) is 0 Å². The Morgan fingerprint density at radius 2 is 0.881 bits per heavy atom. The van der Waals surface area contributed by atoms with E-state index >= 15 is 0 Å². The molecule has 4 heterocycles. The summed E-state index contributed by atoms with van der Waals surface area (Å²) in [7, 11) is 0. The van der Waals surface area contributed by atoms with Gasteiger partial charge >= 0.3 is 0 Å². The summed E-state index contributed by atoms with van der Waals surface area (Å²) in [4.78, 5) is 22.7.